The topological polar surface area (TPSA) is 82.1 Å². The smallest absolute Gasteiger partial charge is 0.337 e. The Morgan fingerprint density at radius 3 is 2.15 bits per heavy atom. The van der Waals surface area contributed by atoms with Gasteiger partial charge in [-0.05, 0) is 48.9 Å². The van der Waals surface area contributed by atoms with Crippen molar-refractivity contribution in [2.24, 2.45) is 0 Å². The highest BCUT2D eigenvalue weighted by atomic mass is 16.5. The Balaban J connectivity index is 1.50. The van der Waals surface area contributed by atoms with Crippen molar-refractivity contribution in [2.45, 2.75) is 6.92 Å². The highest BCUT2D eigenvalue weighted by Gasteiger charge is 2.23. The van der Waals surface area contributed by atoms with E-state index in [4.69, 9.17) is 4.74 Å². The zero-order valence-electron chi connectivity index (χ0n) is 18.7. The molecular formula is C26H27N3O4. The van der Waals surface area contributed by atoms with Crippen LogP contribution in [0.5, 0.6) is 5.75 Å². The lowest BCUT2D eigenvalue weighted by Gasteiger charge is -2.38. The number of ether oxygens (including phenoxy) is 1. The lowest BCUT2D eigenvalue weighted by molar-refractivity contribution is 0.0697. The molecule has 2 N–H and O–H groups in total. The lowest BCUT2D eigenvalue weighted by Crippen LogP contribution is -2.47. The number of hydrogen-bond acceptors (Lipinski definition) is 5. The zero-order chi connectivity index (χ0) is 23.4. The molecule has 7 nitrogen and oxygen atoms in total. The van der Waals surface area contributed by atoms with Crippen LogP contribution < -0.4 is 19.9 Å². The van der Waals surface area contributed by atoms with Crippen LogP contribution in [0.2, 0.25) is 0 Å². The molecule has 0 aromatic heterocycles. The number of carboxylic acid groups (broad SMARTS) is 1. The normalized spacial score (nSPS) is 13.5. The summed E-state index contributed by atoms with van der Waals surface area (Å²) in [5, 5.41) is 12.7. The Bertz CT molecular complexity index is 1170. The number of carbonyl (C=O) groups is 2. The van der Waals surface area contributed by atoms with Crippen LogP contribution in [-0.4, -0.2) is 50.3 Å². The number of aryl methyl sites for hydroxylation is 1. The van der Waals surface area contributed by atoms with Crippen molar-refractivity contribution in [1.82, 2.24) is 0 Å². The van der Waals surface area contributed by atoms with Crippen LogP contribution in [0.25, 0.3) is 0 Å². The molecule has 0 atom stereocenters. The molecule has 1 aliphatic rings. The molecule has 4 rings (SSSR count). The molecule has 0 radical (unpaired) electrons. The predicted molar refractivity (Wildman–Crippen MR) is 130 cm³/mol. The lowest BCUT2D eigenvalue weighted by atomic mass is 10.1. The van der Waals surface area contributed by atoms with E-state index in [0.29, 0.717) is 30.0 Å². The van der Waals surface area contributed by atoms with E-state index in [2.05, 4.69) is 15.1 Å². The van der Waals surface area contributed by atoms with Gasteiger partial charge in [0.1, 0.15) is 5.75 Å². The van der Waals surface area contributed by atoms with Gasteiger partial charge < -0.3 is 25.0 Å². The third-order valence-electron chi connectivity index (χ3n) is 5.92. The van der Waals surface area contributed by atoms with Crippen molar-refractivity contribution in [2.75, 3.05) is 48.4 Å². The Hall–Kier alpha value is -4.00. The number of hydrogen-bond donors (Lipinski definition) is 2. The summed E-state index contributed by atoms with van der Waals surface area (Å²) in [7, 11) is 1.66. The molecule has 1 fully saturated rings. The molecule has 0 aliphatic carbocycles. The van der Waals surface area contributed by atoms with Crippen molar-refractivity contribution >= 4 is 28.9 Å². The van der Waals surface area contributed by atoms with Crippen molar-refractivity contribution in [1.29, 1.82) is 0 Å². The van der Waals surface area contributed by atoms with Gasteiger partial charge >= 0.3 is 5.97 Å². The Labute approximate surface area is 193 Å². The number of anilines is 3. The molecule has 0 spiro atoms. The number of aromatic carboxylic acids is 1. The number of para-hydroxylation sites is 2. The average Bonchev–Trinajstić information content (AvgIpc) is 2.84. The maximum atomic E-state index is 12.6. The largest absolute Gasteiger partial charge is 0.495 e. The SMILES string of the molecule is COc1ccccc1N1CCN(c2ccc(NC(=O)c3ccccc3C)cc2C(=O)O)CC1. The first-order chi connectivity index (χ1) is 16.0. The quantitative estimate of drug-likeness (QED) is 0.589. The Morgan fingerprint density at radius 1 is 0.848 bits per heavy atom. The van der Waals surface area contributed by atoms with E-state index in [-0.39, 0.29) is 11.5 Å². The molecule has 1 saturated heterocycles. The first-order valence-corrected chi connectivity index (χ1v) is 10.8. The maximum absolute atomic E-state index is 12.6. The van der Waals surface area contributed by atoms with Gasteiger partial charge in [-0.3, -0.25) is 4.79 Å². The van der Waals surface area contributed by atoms with Gasteiger partial charge in [0.25, 0.3) is 5.91 Å². The number of nitrogens with one attached hydrogen (secondary N) is 1. The summed E-state index contributed by atoms with van der Waals surface area (Å²) < 4.78 is 5.48. The molecule has 170 valence electrons. The minimum atomic E-state index is -1.02. The van der Waals surface area contributed by atoms with Crippen LogP contribution in [0, 0.1) is 6.92 Å². The fourth-order valence-corrected chi connectivity index (χ4v) is 4.17. The summed E-state index contributed by atoms with van der Waals surface area (Å²) in [6, 6.07) is 20.2. The highest BCUT2D eigenvalue weighted by Crippen LogP contribution is 2.31. The number of carbonyl (C=O) groups excluding carboxylic acids is 1. The van der Waals surface area contributed by atoms with E-state index in [1.807, 2.05) is 43.3 Å². The van der Waals surface area contributed by atoms with E-state index < -0.39 is 5.97 Å². The van der Waals surface area contributed by atoms with E-state index in [0.717, 1.165) is 30.1 Å². The van der Waals surface area contributed by atoms with Crippen molar-refractivity contribution < 1.29 is 19.4 Å². The molecule has 1 heterocycles. The third kappa shape index (κ3) is 4.77. The summed E-state index contributed by atoms with van der Waals surface area (Å²) in [6.07, 6.45) is 0. The van der Waals surface area contributed by atoms with Crippen molar-refractivity contribution in [3.63, 3.8) is 0 Å². The third-order valence-corrected chi connectivity index (χ3v) is 5.92. The molecule has 0 bridgehead atoms. The van der Waals surface area contributed by atoms with Gasteiger partial charge in [0.2, 0.25) is 0 Å². The second-order valence-electron chi connectivity index (χ2n) is 7.95. The van der Waals surface area contributed by atoms with E-state index >= 15 is 0 Å². The Morgan fingerprint density at radius 2 is 1.48 bits per heavy atom. The van der Waals surface area contributed by atoms with E-state index in [9.17, 15) is 14.7 Å². The summed E-state index contributed by atoms with van der Waals surface area (Å²) in [5.41, 5.74) is 3.73. The molecule has 1 aliphatic heterocycles. The molecule has 3 aromatic rings. The van der Waals surface area contributed by atoms with E-state index in [1.54, 1.807) is 31.4 Å². The van der Waals surface area contributed by atoms with Gasteiger partial charge in [0.15, 0.2) is 0 Å². The summed E-state index contributed by atoms with van der Waals surface area (Å²) in [4.78, 5) is 29.0. The minimum absolute atomic E-state index is 0.170. The Kier molecular flexibility index (Phi) is 6.49. The first kappa shape index (κ1) is 22.2. The van der Waals surface area contributed by atoms with Crippen molar-refractivity contribution in [3.05, 3.63) is 83.4 Å². The molecule has 33 heavy (non-hydrogen) atoms. The fraction of sp³-hybridized carbons (Fsp3) is 0.231. The van der Waals surface area contributed by atoms with Crippen LogP contribution in [0.3, 0.4) is 0 Å². The zero-order valence-corrected chi connectivity index (χ0v) is 18.7. The molecule has 0 saturated carbocycles. The van der Waals surface area contributed by atoms with E-state index in [1.165, 1.54) is 6.07 Å². The standard InChI is InChI=1S/C26H27N3O4/c1-18-7-3-4-8-20(18)25(30)27-19-11-12-22(21(17-19)26(31)32)28-13-15-29(16-14-28)23-9-5-6-10-24(23)33-2/h3-12,17H,13-16H2,1-2H3,(H,27,30)(H,31,32). The van der Waals surface area contributed by atoms with Gasteiger partial charge in [-0.25, -0.2) is 4.79 Å². The average molecular weight is 446 g/mol. The number of methoxy groups -OCH3 is 1. The number of benzene rings is 3. The predicted octanol–water partition coefficient (Wildman–Crippen LogP) is 4.28. The maximum Gasteiger partial charge on any atom is 0.337 e. The summed E-state index contributed by atoms with van der Waals surface area (Å²) in [6.45, 7) is 4.70. The number of piperazine rings is 1. The van der Waals surface area contributed by atoms with Gasteiger partial charge in [0, 0.05) is 37.4 Å². The number of amides is 1. The van der Waals surface area contributed by atoms with Crippen LogP contribution in [0.4, 0.5) is 17.1 Å². The van der Waals surface area contributed by atoms with Crippen LogP contribution in [0.15, 0.2) is 66.7 Å². The monoisotopic (exact) mass is 445 g/mol. The molecule has 7 heteroatoms. The van der Waals surface area contributed by atoms with Gasteiger partial charge in [-0.1, -0.05) is 30.3 Å². The summed E-state index contributed by atoms with van der Waals surface area (Å²) >= 11 is 0. The molecule has 1 amide bonds. The van der Waals surface area contributed by atoms with Gasteiger partial charge in [0.05, 0.1) is 24.0 Å². The highest BCUT2D eigenvalue weighted by molar-refractivity contribution is 6.06. The second kappa shape index (κ2) is 9.65. The van der Waals surface area contributed by atoms with Crippen LogP contribution in [0.1, 0.15) is 26.3 Å². The van der Waals surface area contributed by atoms with Crippen molar-refractivity contribution in [3.8, 4) is 5.75 Å². The van der Waals surface area contributed by atoms with Crippen LogP contribution in [-0.2, 0) is 0 Å². The van der Waals surface area contributed by atoms with Gasteiger partial charge in [-0.2, -0.15) is 0 Å². The second-order valence-corrected chi connectivity index (χ2v) is 7.95. The fourth-order valence-electron chi connectivity index (χ4n) is 4.17. The molecular weight excluding hydrogens is 418 g/mol. The number of nitrogens with zero attached hydrogens (tertiary/aromatic N) is 2. The molecule has 3 aromatic carbocycles. The minimum Gasteiger partial charge on any atom is -0.495 e. The number of carboxylic acids is 1. The number of rotatable bonds is 6. The molecule has 0 unspecified atom stereocenters. The van der Waals surface area contributed by atoms with Crippen LogP contribution >= 0.6 is 0 Å². The van der Waals surface area contributed by atoms with Gasteiger partial charge in [-0.15, -0.1) is 0 Å². The summed E-state index contributed by atoms with van der Waals surface area (Å²) in [5.74, 6) is -0.460. The first-order valence-electron chi connectivity index (χ1n) is 10.8.